The summed E-state index contributed by atoms with van der Waals surface area (Å²) < 4.78 is 5.09. The molecule has 0 amide bonds. The molecule has 0 aromatic heterocycles. The zero-order valence-corrected chi connectivity index (χ0v) is 38.7. The fourth-order valence-corrected chi connectivity index (χ4v) is 18.4. The van der Waals surface area contributed by atoms with E-state index in [0.717, 1.165) is 64.1 Å². The molecule has 0 aromatic carbocycles. The second-order valence-electron chi connectivity index (χ2n) is 23.2. The summed E-state index contributed by atoms with van der Waals surface area (Å²) >= 11 is 0. The second kappa shape index (κ2) is 17.4. The van der Waals surface area contributed by atoms with Crippen LogP contribution in [0, 0.1) is 105 Å². The van der Waals surface area contributed by atoms with Gasteiger partial charge in [0.2, 0.25) is 0 Å². The molecule has 8 saturated carbocycles. The van der Waals surface area contributed by atoms with Gasteiger partial charge in [-0.25, -0.2) is 4.79 Å². The number of carbonyl (C=O) groups is 2. The van der Waals surface area contributed by atoms with Crippen LogP contribution in [0.2, 0.25) is 0 Å². The molecule has 8 aliphatic rings. The first kappa shape index (κ1) is 45.7. The first-order valence-electron chi connectivity index (χ1n) is 25.0. The first-order valence-corrected chi connectivity index (χ1v) is 25.0. The molecule has 7 nitrogen and oxygen atoms in total. The number of hydrogen-bond acceptors (Lipinski definition) is 7. The average molecular weight is 823 g/mol. The van der Waals surface area contributed by atoms with Crippen LogP contribution in [0.1, 0.15) is 165 Å². The van der Waals surface area contributed by atoms with Crippen molar-refractivity contribution in [1.29, 1.82) is 0 Å². The third-order valence-corrected chi connectivity index (χ3v) is 21.2. The van der Waals surface area contributed by atoms with Crippen LogP contribution in [0.25, 0.3) is 0 Å². The number of fused-ring (bicyclic) bond motifs is 10. The Morgan fingerprint density at radius 2 is 1.00 bits per heavy atom. The molecule has 8 fully saturated rings. The van der Waals surface area contributed by atoms with Crippen LogP contribution in [-0.4, -0.2) is 63.7 Å². The minimum Gasteiger partial charge on any atom is -0.463 e. The summed E-state index contributed by atoms with van der Waals surface area (Å²) in [5.74, 6) is 5.79. The Morgan fingerprint density at radius 1 is 0.593 bits per heavy atom. The molecule has 8 rings (SSSR count). The van der Waals surface area contributed by atoms with Gasteiger partial charge in [-0.15, -0.1) is 0 Å². The Balaban J connectivity index is 0.000000181. The van der Waals surface area contributed by atoms with Gasteiger partial charge in [-0.05, 0) is 195 Å². The lowest BCUT2D eigenvalue weighted by molar-refractivity contribution is -0.203. The number of ether oxygens (including phenoxy) is 1. The van der Waals surface area contributed by atoms with Crippen molar-refractivity contribution in [2.45, 2.75) is 189 Å². The van der Waals surface area contributed by atoms with Crippen LogP contribution in [0.5, 0.6) is 0 Å². The van der Waals surface area contributed by atoms with Gasteiger partial charge in [-0.3, -0.25) is 0 Å². The monoisotopic (exact) mass is 823 g/mol. The third kappa shape index (κ3) is 7.48. The molecule has 22 atom stereocenters. The maximum Gasteiger partial charge on any atom is 0.330 e. The predicted molar refractivity (Wildman–Crippen MR) is 234 cm³/mol. The van der Waals surface area contributed by atoms with E-state index in [2.05, 4.69) is 61.5 Å². The molecule has 4 N–H and O–H groups in total. The van der Waals surface area contributed by atoms with Gasteiger partial charge >= 0.3 is 5.97 Å². The van der Waals surface area contributed by atoms with E-state index < -0.39 is 0 Å². The maximum atomic E-state index is 11.9. The SMILES string of the molecule is CCOC(=O)/C=C/[C@@H](C)[C@H]1CCC2C3C(CC[C@@]21C)[C@@]1(C)CC[C@@H](O)C[C@H]1[C@@H](CC)[C@H]3O.CC[C@H]1[C@@H](O)C2C3CC[C@H]([C@H](C)C=O)[C@@]3(C)CCC2[C@@]2(C)CC[C@@H](O)C[C@@H]12. The smallest absolute Gasteiger partial charge is 0.330 e. The third-order valence-electron chi connectivity index (χ3n) is 21.2. The molecular weight excluding hydrogens is 737 g/mol. The lowest BCUT2D eigenvalue weighted by Crippen LogP contribution is -2.62. The molecule has 0 bridgehead atoms. The lowest BCUT2D eigenvalue weighted by atomic mass is 9.41. The van der Waals surface area contributed by atoms with Crippen LogP contribution >= 0.6 is 0 Å². The van der Waals surface area contributed by atoms with E-state index in [-0.39, 0.29) is 58.0 Å². The van der Waals surface area contributed by atoms with Gasteiger partial charge in [0.15, 0.2) is 0 Å². The Hall–Kier alpha value is -1.28. The van der Waals surface area contributed by atoms with Gasteiger partial charge in [0.1, 0.15) is 6.29 Å². The normalized spacial score (nSPS) is 52.3. The summed E-state index contributed by atoms with van der Waals surface area (Å²) in [6.45, 7) is 21.0. The molecule has 0 spiro atoms. The molecule has 59 heavy (non-hydrogen) atoms. The highest BCUT2D eigenvalue weighted by Gasteiger charge is 2.66. The maximum absolute atomic E-state index is 11.9. The molecular formula is C52H86O7. The summed E-state index contributed by atoms with van der Waals surface area (Å²) in [5.41, 5.74) is 0.937. The molecule has 0 aliphatic heterocycles. The number of carbonyl (C=O) groups excluding carboxylic acids is 2. The average Bonchev–Trinajstić information content (AvgIpc) is 3.75. The number of esters is 1. The van der Waals surface area contributed by atoms with E-state index in [4.69, 9.17) is 4.74 Å². The standard InChI is InChI=1S/C28H46O4.C24H40O3/c1-6-19-23-16-18(29)12-14-28(23,5)22-13-15-27(4)20(9-10-21(27)25(22)26(19)31)17(3)8-11-24(30)32-7-2;1-5-16-20-12-15(26)8-10-24(20,4)19-9-11-23(3)17(14(2)13-25)6-7-18(23)21(19)22(16)27/h8,11,17-23,25-26,29,31H,6-7,9-10,12-16H2,1-5H3;13-22,26-27H,5-12H2,1-4H3/b11-8+;/t17-,18-,19-,20-,21?,22?,23+,25?,26-,27-,28-;14-,15-,16-,17-,18?,19?,20+,21?,22-,23-,24-/m11/s1. The van der Waals surface area contributed by atoms with Gasteiger partial charge in [-0.1, -0.05) is 74.3 Å². The van der Waals surface area contributed by atoms with Crippen molar-refractivity contribution in [3.8, 4) is 0 Å². The van der Waals surface area contributed by atoms with Gasteiger partial charge < -0.3 is 30.0 Å². The zero-order valence-electron chi connectivity index (χ0n) is 38.7. The summed E-state index contributed by atoms with van der Waals surface area (Å²) in [5, 5.41) is 44.2. The van der Waals surface area contributed by atoms with Crippen LogP contribution < -0.4 is 0 Å². The molecule has 7 heteroatoms. The molecule has 0 saturated heterocycles. The number of allylic oxidation sites excluding steroid dienone is 1. The van der Waals surface area contributed by atoms with E-state index in [1.165, 1.54) is 44.9 Å². The topological polar surface area (TPSA) is 124 Å². The Morgan fingerprint density at radius 3 is 1.41 bits per heavy atom. The largest absolute Gasteiger partial charge is 0.463 e. The van der Waals surface area contributed by atoms with E-state index >= 15 is 0 Å². The van der Waals surface area contributed by atoms with Crippen molar-refractivity contribution in [3.05, 3.63) is 12.2 Å². The Bertz CT molecular complexity index is 1510. The number of aliphatic hydroxyl groups excluding tert-OH is 4. The van der Waals surface area contributed by atoms with Crippen molar-refractivity contribution < 1.29 is 34.8 Å². The number of hydrogen-bond donors (Lipinski definition) is 4. The molecule has 8 aliphatic carbocycles. The van der Waals surface area contributed by atoms with E-state index in [1.54, 1.807) is 6.08 Å². The van der Waals surface area contributed by atoms with E-state index in [9.17, 15) is 30.0 Å². The number of rotatable bonds is 8. The Labute approximate surface area is 358 Å². The summed E-state index contributed by atoms with van der Waals surface area (Å²) in [6, 6.07) is 0. The molecule has 336 valence electrons. The predicted octanol–water partition coefficient (Wildman–Crippen LogP) is 9.82. The minimum atomic E-state index is -0.248. The van der Waals surface area contributed by atoms with Gasteiger partial charge in [0.25, 0.3) is 0 Å². The van der Waals surface area contributed by atoms with Crippen molar-refractivity contribution in [3.63, 3.8) is 0 Å². The van der Waals surface area contributed by atoms with Crippen LogP contribution in [0.4, 0.5) is 0 Å². The minimum absolute atomic E-state index is 0.132. The molecule has 6 unspecified atom stereocenters. The molecule has 0 radical (unpaired) electrons. The highest BCUT2D eigenvalue weighted by Crippen LogP contribution is 2.71. The second-order valence-corrected chi connectivity index (χ2v) is 23.2. The lowest BCUT2D eigenvalue weighted by Gasteiger charge is -2.64. The highest BCUT2D eigenvalue weighted by atomic mass is 16.5. The Kier molecular flexibility index (Phi) is 13.5. The fourth-order valence-electron chi connectivity index (χ4n) is 18.4. The number of aldehydes is 1. The fraction of sp³-hybridized carbons (Fsp3) is 0.923. The van der Waals surface area contributed by atoms with E-state index in [1.807, 2.05) is 6.92 Å². The van der Waals surface area contributed by atoms with Gasteiger partial charge in [0.05, 0.1) is 31.0 Å². The van der Waals surface area contributed by atoms with Crippen LogP contribution in [0.15, 0.2) is 12.2 Å². The van der Waals surface area contributed by atoms with Crippen LogP contribution in [-0.2, 0) is 14.3 Å². The van der Waals surface area contributed by atoms with Crippen molar-refractivity contribution >= 4 is 12.3 Å². The molecule has 0 heterocycles. The molecule has 0 aromatic rings. The van der Waals surface area contributed by atoms with Gasteiger partial charge in [-0.2, -0.15) is 0 Å². The summed E-state index contributed by atoms with van der Waals surface area (Å²) in [4.78, 5) is 23.4. The first-order chi connectivity index (χ1) is 27.9. The highest BCUT2D eigenvalue weighted by molar-refractivity contribution is 5.81. The van der Waals surface area contributed by atoms with Crippen LogP contribution in [0.3, 0.4) is 0 Å². The quantitative estimate of drug-likeness (QED) is 0.109. The van der Waals surface area contributed by atoms with E-state index in [0.29, 0.717) is 83.5 Å². The van der Waals surface area contributed by atoms with Gasteiger partial charge in [0, 0.05) is 12.0 Å². The summed E-state index contributed by atoms with van der Waals surface area (Å²) in [7, 11) is 0. The van der Waals surface area contributed by atoms with Crippen molar-refractivity contribution in [2.24, 2.45) is 105 Å². The van der Waals surface area contributed by atoms with Crippen molar-refractivity contribution in [2.75, 3.05) is 6.61 Å². The summed E-state index contributed by atoms with van der Waals surface area (Å²) in [6.07, 6.45) is 21.3. The zero-order chi connectivity index (χ0) is 42.8. The number of aliphatic hydroxyl groups is 4. The van der Waals surface area contributed by atoms with Crippen molar-refractivity contribution in [1.82, 2.24) is 0 Å².